The van der Waals surface area contributed by atoms with Gasteiger partial charge >= 0.3 is 5.97 Å². The highest BCUT2D eigenvalue weighted by atomic mass is 16.5. The van der Waals surface area contributed by atoms with E-state index in [0.717, 1.165) is 42.7 Å². The van der Waals surface area contributed by atoms with Crippen LogP contribution in [0.2, 0.25) is 0 Å². The summed E-state index contributed by atoms with van der Waals surface area (Å²) in [7, 11) is 0. The summed E-state index contributed by atoms with van der Waals surface area (Å²) in [6.45, 7) is 7.42. The molecule has 0 unspecified atom stereocenters. The number of amides is 1. The second kappa shape index (κ2) is 10.9. The number of nitrogens with one attached hydrogen (secondary N) is 1. The Hall–Kier alpha value is -2.08. The smallest absolute Gasteiger partial charge is 0.303 e. The zero-order chi connectivity index (χ0) is 19.6. The van der Waals surface area contributed by atoms with Gasteiger partial charge in [0.25, 0.3) is 0 Å². The lowest BCUT2D eigenvalue weighted by Crippen LogP contribution is -2.39. The standard InChI is InChI=1S/C21H32N2O4/c1-16(2)13-23-14-18-12-17(7-9-21(25)26)6-8-19(18)27-11-5-3-4-10-22-20(24)15-23/h6,8,12,16H,3-5,7,9-11,13-15H2,1-2H3,(H,22,24)(H,25,26). The van der Waals surface area contributed by atoms with E-state index in [1.165, 1.54) is 0 Å². The lowest BCUT2D eigenvalue weighted by atomic mass is 10.0. The van der Waals surface area contributed by atoms with E-state index in [0.29, 0.717) is 38.6 Å². The molecule has 2 rings (SSSR count). The number of aryl methyl sites for hydroxylation is 1. The van der Waals surface area contributed by atoms with E-state index in [4.69, 9.17) is 9.84 Å². The van der Waals surface area contributed by atoms with Gasteiger partial charge in [0.15, 0.2) is 0 Å². The predicted molar refractivity (Wildman–Crippen MR) is 105 cm³/mol. The molecule has 0 fully saturated rings. The van der Waals surface area contributed by atoms with Crippen LogP contribution in [0.3, 0.4) is 0 Å². The van der Waals surface area contributed by atoms with Crippen molar-refractivity contribution < 1.29 is 19.4 Å². The van der Waals surface area contributed by atoms with Crippen LogP contribution in [0.1, 0.15) is 50.7 Å². The van der Waals surface area contributed by atoms with Gasteiger partial charge < -0.3 is 15.2 Å². The number of carbonyl (C=O) groups excluding carboxylic acids is 1. The maximum absolute atomic E-state index is 12.3. The Kier molecular flexibility index (Phi) is 8.58. The van der Waals surface area contributed by atoms with Crippen LogP contribution < -0.4 is 10.1 Å². The van der Waals surface area contributed by atoms with Gasteiger partial charge in [-0.1, -0.05) is 26.0 Å². The molecule has 0 radical (unpaired) electrons. The zero-order valence-corrected chi connectivity index (χ0v) is 16.5. The summed E-state index contributed by atoms with van der Waals surface area (Å²) >= 11 is 0. The van der Waals surface area contributed by atoms with E-state index >= 15 is 0 Å². The number of fused-ring (bicyclic) bond motifs is 1. The Balaban J connectivity index is 2.23. The van der Waals surface area contributed by atoms with Crippen molar-refractivity contribution in [1.29, 1.82) is 0 Å². The molecule has 150 valence electrons. The van der Waals surface area contributed by atoms with Crippen molar-refractivity contribution >= 4 is 11.9 Å². The number of rotatable bonds is 5. The summed E-state index contributed by atoms with van der Waals surface area (Å²) in [6, 6.07) is 5.92. The molecular weight excluding hydrogens is 344 g/mol. The third kappa shape index (κ3) is 7.99. The summed E-state index contributed by atoms with van der Waals surface area (Å²) in [5.74, 6) is 0.531. The van der Waals surface area contributed by atoms with E-state index in [1.807, 2.05) is 18.2 Å². The number of carbonyl (C=O) groups is 2. The molecule has 1 aliphatic heterocycles. The highest BCUT2D eigenvalue weighted by molar-refractivity contribution is 5.78. The van der Waals surface area contributed by atoms with E-state index < -0.39 is 5.97 Å². The van der Waals surface area contributed by atoms with E-state index in [9.17, 15) is 9.59 Å². The minimum absolute atomic E-state index is 0.0550. The Morgan fingerprint density at radius 1 is 1.26 bits per heavy atom. The molecule has 6 nitrogen and oxygen atoms in total. The minimum Gasteiger partial charge on any atom is -0.493 e. The number of aliphatic carboxylic acids is 1. The molecular formula is C21H32N2O4. The number of hydrogen-bond donors (Lipinski definition) is 2. The topological polar surface area (TPSA) is 78.9 Å². The molecule has 0 saturated heterocycles. The van der Waals surface area contributed by atoms with Gasteiger partial charge in [-0.2, -0.15) is 0 Å². The summed E-state index contributed by atoms with van der Waals surface area (Å²) in [4.78, 5) is 25.3. The quantitative estimate of drug-likeness (QED) is 0.826. The number of nitrogens with zero attached hydrogens (tertiary/aromatic N) is 1. The SMILES string of the molecule is CC(C)CN1CC(=O)NCCCCCOc2ccc(CCC(=O)O)cc2C1. The molecule has 1 aliphatic rings. The van der Waals surface area contributed by atoms with Gasteiger partial charge in [0, 0.05) is 31.6 Å². The molecule has 6 heteroatoms. The molecule has 27 heavy (non-hydrogen) atoms. The average molecular weight is 376 g/mol. The minimum atomic E-state index is -0.798. The van der Waals surface area contributed by atoms with E-state index in [2.05, 4.69) is 24.1 Å². The van der Waals surface area contributed by atoms with Crippen LogP contribution in [0.25, 0.3) is 0 Å². The normalized spacial score (nSPS) is 17.1. The average Bonchev–Trinajstić information content (AvgIpc) is 2.60. The molecule has 0 bridgehead atoms. The van der Waals surface area contributed by atoms with Gasteiger partial charge in [0.05, 0.1) is 13.2 Å². The fourth-order valence-electron chi connectivity index (χ4n) is 3.32. The lowest BCUT2D eigenvalue weighted by Gasteiger charge is -2.25. The molecule has 0 spiro atoms. The van der Waals surface area contributed by atoms with Crippen molar-refractivity contribution in [2.45, 2.75) is 52.5 Å². The van der Waals surface area contributed by atoms with Crippen LogP contribution in [0.5, 0.6) is 5.75 Å². The molecule has 2 N–H and O–H groups in total. The number of ether oxygens (including phenoxy) is 1. The number of hydrogen-bond acceptors (Lipinski definition) is 4. The Morgan fingerprint density at radius 3 is 2.81 bits per heavy atom. The molecule has 0 aromatic heterocycles. The predicted octanol–water partition coefficient (Wildman–Crippen LogP) is 2.84. The molecule has 0 atom stereocenters. The Morgan fingerprint density at radius 2 is 2.07 bits per heavy atom. The second-order valence-corrected chi connectivity index (χ2v) is 7.66. The van der Waals surface area contributed by atoms with Gasteiger partial charge in [-0.3, -0.25) is 14.5 Å². The Bertz CT molecular complexity index is 631. The van der Waals surface area contributed by atoms with E-state index in [1.54, 1.807) is 0 Å². The zero-order valence-electron chi connectivity index (χ0n) is 16.5. The van der Waals surface area contributed by atoms with E-state index in [-0.39, 0.29) is 12.3 Å². The monoisotopic (exact) mass is 376 g/mol. The van der Waals surface area contributed by atoms with Gasteiger partial charge in [0.1, 0.15) is 5.75 Å². The van der Waals surface area contributed by atoms with Crippen LogP contribution in [-0.4, -0.2) is 48.1 Å². The summed E-state index contributed by atoms with van der Waals surface area (Å²) in [5.41, 5.74) is 2.00. The molecule has 1 heterocycles. The fraction of sp³-hybridized carbons (Fsp3) is 0.619. The maximum atomic E-state index is 12.3. The first-order chi connectivity index (χ1) is 12.9. The fourth-order valence-corrected chi connectivity index (χ4v) is 3.32. The van der Waals surface area contributed by atoms with Crippen molar-refractivity contribution in [3.8, 4) is 5.75 Å². The highest BCUT2D eigenvalue weighted by Gasteiger charge is 2.16. The van der Waals surface area contributed by atoms with Crippen molar-refractivity contribution in [1.82, 2.24) is 10.2 Å². The number of benzene rings is 1. The largest absolute Gasteiger partial charge is 0.493 e. The van der Waals surface area contributed by atoms with Crippen LogP contribution >= 0.6 is 0 Å². The number of carboxylic acids is 1. The van der Waals surface area contributed by atoms with Gasteiger partial charge in [-0.25, -0.2) is 0 Å². The molecule has 1 aromatic rings. The highest BCUT2D eigenvalue weighted by Crippen LogP contribution is 2.24. The third-order valence-corrected chi connectivity index (χ3v) is 4.54. The second-order valence-electron chi connectivity index (χ2n) is 7.66. The molecule has 0 saturated carbocycles. The first kappa shape index (κ1) is 21.2. The van der Waals surface area contributed by atoms with Crippen LogP contribution in [0.15, 0.2) is 18.2 Å². The van der Waals surface area contributed by atoms with Crippen molar-refractivity contribution in [2.24, 2.45) is 5.92 Å². The van der Waals surface area contributed by atoms with Crippen LogP contribution in [-0.2, 0) is 22.6 Å². The van der Waals surface area contributed by atoms with Crippen molar-refractivity contribution in [3.63, 3.8) is 0 Å². The van der Waals surface area contributed by atoms with Crippen molar-refractivity contribution in [3.05, 3.63) is 29.3 Å². The molecule has 1 aromatic carbocycles. The maximum Gasteiger partial charge on any atom is 0.303 e. The van der Waals surface area contributed by atoms with Crippen LogP contribution in [0, 0.1) is 5.92 Å². The number of carboxylic acid groups (broad SMARTS) is 1. The van der Waals surface area contributed by atoms with Gasteiger partial charge in [0.2, 0.25) is 5.91 Å². The third-order valence-electron chi connectivity index (χ3n) is 4.54. The lowest BCUT2D eigenvalue weighted by molar-refractivity contribution is -0.137. The summed E-state index contributed by atoms with van der Waals surface area (Å²) in [6.07, 6.45) is 3.53. The molecule has 0 aliphatic carbocycles. The van der Waals surface area contributed by atoms with Gasteiger partial charge in [-0.15, -0.1) is 0 Å². The first-order valence-electron chi connectivity index (χ1n) is 9.89. The first-order valence-corrected chi connectivity index (χ1v) is 9.89. The molecule has 1 amide bonds. The van der Waals surface area contributed by atoms with Crippen LogP contribution in [0.4, 0.5) is 0 Å². The summed E-state index contributed by atoms with van der Waals surface area (Å²) in [5, 5.41) is 11.9. The Labute approximate surface area is 161 Å². The van der Waals surface area contributed by atoms with Crippen molar-refractivity contribution in [2.75, 3.05) is 26.2 Å². The summed E-state index contributed by atoms with van der Waals surface area (Å²) < 4.78 is 6.01. The van der Waals surface area contributed by atoms with Gasteiger partial charge in [-0.05, 0) is 43.2 Å².